The van der Waals surface area contributed by atoms with E-state index in [0.29, 0.717) is 17.5 Å². The van der Waals surface area contributed by atoms with E-state index in [1.807, 2.05) is 18.2 Å². The van der Waals surface area contributed by atoms with Gasteiger partial charge in [-0.2, -0.15) is 0 Å². The van der Waals surface area contributed by atoms with Crippen molar-refractivity contribution < 1.29 is 43.5 Å². The molecule has 3 aromatic rings. The molecule has 1 aliphatic heterocycles. The molecule has 1 aromatic heterocycles. The second-order valence-electron chi connectivity index (χ2n) is 16.2. The van der Waals surface area contributed by atoms with Crippen LogP contribution in [0.2, 0.25) is 0 Å². The summed E-state index contributed by atoms with van der Waals surface area (Å²) in [5.74, 6) is -6.88. The molecule has 1 aliphatic rings. The van der Waals surface area contributed by atoms with Gasteiger partial charge in [0.1, 0.15) is 42.3 Å². The first-order valence-corrected chi connectivity index (χ1v) is 24.7. The first-order chi connectivity index (χ1) is 32.9. The SMILES string of the molecule is CC(=O)N[C@@H](CCCN=C(N)N)C(=O)NC1CCSSC[C@@H](C(=O)O)NC(=O)[C@H](Cc2c[nH]c3ccccc23)NC(=O)[C@H](CCCN=C(N)N)NC(=O)[C@@H](Cc2ccccc2)NC(=O)[C@H](C)NC1=O. The number of nitrogens with two attached hydrogens (primary N) is 4. The summed E-state index contributed by atoms with van der Waals surface area (Å²) in [5, 5.41) is 29.6. The van der Waals surface area contributed by atoms with E-state index >= 15 is 0 Å². The molecule has 7 amide bonds. The van der Waals surface area contributed by atoms with Crippen LogP contribution < -0.4 is 60.2 Å². The van der Waals surface area contributed by atoms with Gasteiger partial charge in [-0.3, -0.25) is 43.5 Å². The third-order valence-corrected chi connectivity index (χ3v) is 13.1. The van der Waals surface area contributed by atoms with Crippen LogP contribution in [-0.2, 0) is 51.2 Å². The van der Waals surface area contributed by atoms with E-state index in [-0.39, 0.29) is 75.0 Å². The lowest BCUT2D eigenvalue weighted by atomic mass is 10.0. The highest BCUT2D eigenvalue weighted by Gasteiger charge is 2.34. The summed E-state index contributed by atoms with van der Waals surface area (Å²) in [5.41, 5.74) is 23.9. The fraction of sp³-hybridized carbons (Fsp3) is 0.455. The van der Waals surface area contributed by atoms with E-state index in [1.165, 1.54) is 13.8 Å². The molecule has 0 bridgehead atoms. The van der Waals surface area contributed by atoms with Crippen molar-refractivity contribution in [3.63, 3.8) is 0 Å². The number of guanidine groups is 2. The van der Waals surface area contributed by atoms with E-state index in [0.717, 1.165) is 32.5 Å². The number of hydrogen-bond acceptors (Lipinski definition) is 12. The predicted molar refractivity (Wildman–Crippen MR) is 264 cm³/mol. The number of carboxylic acid groups (broad SMARTS) is 1. The number of carboxylic acids is 1. The number of aromatic nitrogens is 1. The van der Waals surface area contributed by atoms with Crippen LogP contribution in [0.5, 0.6) is 0 Å². The number of para-hydroxylation sites is 1. The second-order valence-corrected chi connectivity index (χ2v) is 18.8. The molecule has 4 rings (SSSR count). The zero-order valence-corrected chi connectivity index (χ0v) is 40.0. The first-order valence-electron chi connectivity index (χ1n) is 22.2. The Balaban J connectivity index is 1.71. The molecule has 2 heterocycles. The average Bonchev–Trinajstić information content (AvgIpc) is 3.71. The Morgan fingerprint density at radius 3 is 2.04 bits per heavy atom. The molecule has 1 saturated heterocycles. The Morgan fingerprint density at radius 1 is 0.754 bits per heavy atom. The van der Waals surface area contributed by atoms with Gasteiger partial charge >= 0.3 is 5.97 Å². The van der Waals surface area contributed by atoms with Gasteiger partial charge in [0.2, 0.25) is 41.4 Å². The summed E-state index contributed by atoms with van der Waals surface area (Å²) in [6.07, 6.45) is 2.07. The first kappa shape index (κ1) is 54.6. The summed E-state index contributed by atoms with van der Waals surface area (Å²) in [7, 11) is 2.23. The Morgan fingerprint density at radius 2 is 1.36 bits per heavy atom. The van der Waals surface area contributed by atoms with Crippen LogP contribution >= 0.6 is 21.6 Å². The average molecular weight is 995 g/mol. The molecule has 0 aliphatic carbocycles. The van der Waals surface area contributed by atoms with Gasteiger partial charge in [0, 0.05) is 61.5 Å². The van der Waals surface area contributed by atoms with E-state index in [1.54, 1.807) is 42.6 Å². The molecular weight excluding hydrogens is 933 g/mol. The Kier molecular flexibility index (Phi) is 21.9. The number of aliphatic carboxylic acids is 1. The van der Waals surface area contributed by atoms with Crippen LogP contribution in [0.3, 0.4) is 0 Å². The third kappa shape index (κ3) is 18.5. The van der Waals surface area contributed by atoms with Crippen molar-refractivity contribution in [2.75, 3.05) is 24.6 Å². The molecule has 0 spiro atoms. The maximum absolute atomic E-state index is 14.4. The summed E-state index contributed by atoms with van der Waals surface area (Å²) < 4.78 is 0. The number of rotatable bonds is 16. The fourth-order valence-corrected chi connectivity index (χ4v) is 9.38. The highest BCUT2D eigenvalue weighted by Crippen LogP contribution is 2.24. The highest BCUT2D eigenvalue weighted by atomic mass is 33.1. The maximum atomic E-state index is 14.4. The Labute approximate surface area is 406 Å². The number of H-pyrrole nitrogens is 1. The molecule has 2 aromatic carbocycles. The minimum Gasteiger partial charge on any atom is -0.480 e. The Bertz CT molecular complexity index is 2320. The van der Waals surface area contributed by atoms with Crippen LogP contribution in [0.15, 0.2) is 70.8 Å². The zero-order chi connectivity index (χ0) is 50.5. The number of fused-ring (bicyclic) bond motifs is 1. The fourth-order valence-electron chi connectivity index (χ4n) is 7.13. The number of aromatic amines is 1. The van der Waals surface area contributed by atoms with Crippen LogP contribution in [-0.4, -0.2) is 136 Å². The molecular formula is C44H62N14O9S2. The van der Waals surface area contributed by atoms with E-state index in [2.05, 4.69) is 52.2 Å². The van der Waals surface area contributed by atoms with Crippen molar-refractivity contribution in [3.05, 3.63) is 71.9 Å². The van der Waals surface area contributed by atoms with Gasteiger partial charge in [0.15, 0.2) is 11.9 Å². The summed E-state index contributed by atoms with van der Waals surface area (Å²) in [6, 6.07) is 6.94. The normalized spacial score (nSPS) is 21.6. The lowest BCUT2D eigenvalue weighted by molar-refractivity contribution is -0.141. The second kappa shape index (κ2) is 27.7. The number of nitrogens with one attached hydrogen (secondary N) is 8. The number of carbonyl (C=O) groups excluding carboxylic acids is 7. The maximum Gasteiger partial charge on any atom is 0.327 e. The zero-order valence-electron chi connectivity index (χ0n) is 38.3. The number of amides is 7. The van der Waals surface area contributed by atoms with Crippen LogP contribution in [0, 0.1) is 0 Å². The molecule has 25 heteroatoms. The summed E-state index contributed by atoms with van der Waals surface area (Å²) in [4.78, 5) is 120. The van der Waals surface area contributed by atoms with E-state index in [4.69, 9.17) is 22.9 Å². The number of nitrogens with zero attached hydrogens (tertiary/aromatic N) is 2. The van der Waals surface area contributed by atoms with Gasteiger partial charge in [-0.15, -0.1) is 0 Å². The molecule has 69 heavy (non-hydrogen) atoms. The Hall–Kier alpha value is -7.02. The molecule has 1 unspecified atom stereocenters. The number of carbonyl (C=O) groups is 8. The minimum atomic E-state index is -1.45. The molecule has 17 N–H and O–H groups in total. The van der Waals surface area contributed by atoms with E-state index in [9.17, 15) is 43.5 Å². The molecule has 0 radical (unpaired) electrons. The van der Waals surface area contributed by atoms with Crippen LogP contribution in [0.4, 0.5) is 0 Å². The third-order valence-electron chi connectivity index (χ3n) is 10.7. The van der Waals surface area contributed by atoms with Crippen molar-refractivity contribution in [2.45, 2.75) is 101 Å². The van der Waals surface area contributed by atoms with Gasteiger partial charge < -0.3 is 70.2 Å². The van der Waals surface area contributed by atoms with Crippen LogP contribution in [0.25, 0.3) is 10.9 Å². The lowest BCUT2D eigenvalue weighted by Crippen LogP contribution is -2.60. The van der Waals surface area contributed by atoms with Gasteiger partial charge in [0.25, 0.3) is 0 Å². The largest absolute Gasteiger partial charge is 0.480 e. The van der Waals surface area contributed by atoms with Crippen molar-refractivity contribution in [1.82, 2.24) is 42.2 Å². The van der Waals surface area contributed by atoms with Crippen molar-refractivity contribution >= 4 is 91.7 Å². The van der Waals surface area contributed by atoms with Gasteiger partial charge in [0.05, 0.1) is 0 Å². The monoisotopic (exact) mass is 994 g/mol. The minimum absolute atomic E-state index is 0.0309. The number of hydrogen-bond donors (Lipinski definition) is 13. The molecule has 374 valence electrons. The quantitative estimate of drug-likeness (QED) is 0.0332. The molecule has 0 saturated carbocycles. The molecule has 1 fully saturated rings. The molecule has 23 nitrogen and oxygen atoms in total. The summed E-state index contributed by atoms with van der Waals surface area (Å²) in [6.45, 7) is 2.85. The van der Waals surface area contributed by atoms with Gasteiger partial charge in [-0.1, -0.05) is 70.1 Å². The lowest BCUT2D eigenvalue weighted by Gasteiger charge is -2.27. The van der Waals surface area contributed by atoms with Crippen molar-refractivity contribution in [1.29, 1.82) is 0 Å². The highest BCUT2D eigenvalue weighted by molar-refractivity contribution is 8.76. The van der Waals surface area contributed by atoms with Crippen molar-refractivity contribution in [3.8, 4) is 0 Å². The smallest absolute Gasteiger partial charge is 0.327 e. The predicted octanol–water partition coefficient (Wildman–Crippen LogP) is -1.64. The van der Waals surface area contributed by atoms with Gasteiger partial charge in [-0.05, 0) is 56.2 Å². The van der Waals surface area contributed by atoms with Gasteiger partial charge in [-0.25, -0.2) is 4.79 Å². The number of aliphatic imine (C=N–C) groups is 2. The van der Waals surface area contributed by atoms with Crippen molar-refractivity contribution in [2.24, 2.45) is 32.9 Å². The molecule has 7 atom stereocenters. The number of benzene rings is 2. The van der Waals surface area contributed by atoms with Crippen LogP contribution in [0.1, 0.15) is 57.1 Å². The topological polar surface area (TPSA) is 386 Å². The van der Waals surface area contributed by atoms with E-state index < -0.39 is 89.6 Å². The summed E-state index contributed by atoms with van der Waals surface area (Å²) >= 11 is 0. The standard InChI is InChI=1S/C44H62N14O9S2/c1-24-36(60)56-33(20-26-10-4-3-5-11-26)40(64)54-31(15-9-18-50-44(47)48)39(63)57-34(21-27-22-51-29-13-7-6-12-28(27)29)41(65)58-35(42(66)67)23-69-68-19-16-32(37(61)52-24)55-38(62)30(53-25(2)59)14-8-17-49-43(45)46/h3-7,10-13,22,24,30-35,51H,8-9,14-21,23H2,1-2H3,(H,52,61)(H,53,59)(H,54,64)(H,55,62)(H,56,60)(H,57,63)(H,58,65)(H,66,67)(H4,45,46,49)(H4,47,48,50)/t24-,30-,31-,32?,33+,34-,35-/m0/s1.